The molecular weight excluding hydrogens is 409 g/mol. The highest BCUT2D eigenvalue weighted by molar-refractivity contribution is 14.1. The summed E-state index contributed by atoms with van der Waals surface area (Å²) in [4.78, 5) is 37.0. The number of carbonyl (C=O) groups is 1. The lowest BCUT2D eigenvalue weighted by Crippen LogP contribution is -2.36. The van der Waals surface area contributed by atoms with Crippen LogP contribution in [-0.4, -0.2) is 48.9 Å². The summed E-state index contributed by atoms with van der Waals surface area (Å²) in [7, 11) is 0. The first-order valence-electron chi connectivity index (χ1n) is 6.57. The van der Waals surface area contributed by atoms with Gasteiger partial charge in [0.2, 0.25) is 5.91 Å². The SMILES string of the molecule is O=C(CI)NCc1cn([C@@H]2C[C@H](O)[C@H](CO)O2)c(=O)[nH]c1=O. The van der Waals surface area contributed by atoms with Gasteiger partial charge in [0.1, 0.15) is 12.3 Å². The minimum absolute atomic E-state index is 0.0177. The number of rotatable bonds is 5. The normalized spacial score (nSPS) is 24.4. The summed E-state index contributed by atoms with van der Waals surface area (Å²) in [5.41, 5.74) is -1.07. The lowest BCUT2D eigenvalue weighted by molar-refractivity contribution is -0.118. The van der Waals surface area contributed by atoms with Gasteiger partial charge in [-0.25, -0.2) is 4.79 Å². The van der Waals surface area contributed by atoms with E-state index in [-0.39, 0.29) is 35.5 Å². The van der Waals surface area contributed by atoms with Crippen molar-refractivity contribution in [1.29, 1.82) is 0 Å². The molecule has 1 fully saturated rings. The van der Waals surface area contributed by atoms with Crippen molar-refractivity contribution >= 4 is 28.5 Å². The van der Waals surface area contributed by atoms with E-state index in [0.717, 1.165) is 4.57 Å². The second-order valence-corrected chi connectivity index (χ2v) is 5.61. The molecular formula is C12H16IN3O6. The highest BCUT2D eigenvalue weighted by Gasteiger charge is 2.35. The van der Waals surface area contributed by atoms with E-state index in [2.05, 4.69) is 10.3 Å². The number of aromatic amines is 1. The molecule has 1 aromatic rings. The van der Waals surface area contributed by atoms with Crippen molar-refractivity contribution in [2.24, 2.45) is 0 Å². The summed E-state index contributed by atoms with van der Waals surface area (Å²) in [5, 5.41) is 21.3. The number of ether oxygens (including phenoxy) is 1. The molecule has 122 valence electrons. The Labute approximate surface area is 138 Å². The Hall–Kier alpha value is -1.24. The summed E-state index contributed by atoms with van der Waals surface area (Å²) in [6.07, 6.45) is -1.03. The molecule has 1 amide bonds. The topological polar surface area (TPSA) is 134 Å². The summed E-state index contributed by atoms with van der Waals surface area (Å²) in [6, 6.07) is 0. The van der Waals surface area contributed by atoms with Crippen molar-refractivity contribution in [2.45, 2.75) is 31.4 Å². The van der Waals surface area contributed by atoms with Crippen LogP contribution in [0, 0.1) is 0 Å². The van der Waals surface area contributed by atoms with Crippen LogP contribution in [0.15, 0.2) is 15.8 Å². The highest BCUT2D eigenvalue weighted by Crippen LogP contribution is 2.27. The number of carbonyl (C=O) groups excluding carboxylic acids is 1. The van der Waals surface area contributed by atoms with E-state index in [1.807, 2.05) is 22.6 Å². The molecule has 0 aromatic carbocycles. The fraction of sp³-hybridized carbons (Fsp3) is 0.583. The summed E-state index contributed by atoms with van der Waals surface area (Å²) in [5.74, 6) is -0.231. The molecule has 3 atom stereocenters. The second-order valence-electron chi connectivity index (χ2n) is 4.85. The maximum absolute atomic E-state index is 11.9. The van der Waals surface area contributed by atoms with Crippen LogP contribution < -0.4 is 16.6 Å². The number of aliphatic hydroxyl groups is 2. The molecule has 1 aliphatic rings. The van der Waals surface area contributed by atoms with E-state index < -0.39 is 29.7 Å². The number of aromatic nitrogens is 2. The van der Waals surface area contributed by atoms with Gasteiger partial charge < -0.3 is 20.3 Å². The molecule has 9 nitrogen and oxygen atoms in total. The monoisotopic (exact) mass is 425 g/mol. The smallest absolute Gasteiger partial charge is 0.330 e. The molecule has 2 heterocycles. The second kappa shape index (κ2) is 7.35. The zero-order valence-corrected chi connectivity index (χ0v) is 13.6. The summed E-state index contributed by atoms with van der Waals surface area (Å²) >= 11 is 1.89. The Morgan fingerprint density at radius 3 is 2.86 bits per heavy atom. The van der Waals surface area contributed by atoms with Crippen LogP contribution in [0.3, 0.4) is 0 Å². The number of aliphatic hydroxyl groups excluding tert-OH is 2. The van der Waals surface area contributed by atoms with Crippen LogP contribution >= 0.6 is 22.6 Å². The summed E-state index contributed by atoms with van der Waals surface area (Å²) in [6.45, 7) is -0.384. The van der Waals surface area contributed by atoms with Gasteiger partial charge in [-0.2, -0.15) is 0 Å². The molecule has 0 saturated carbocycles. The Balaban J connectivity index is 2.23. The average molecular weight is 425 g/mol. The number of hydrogen-bond donors (Lipinski definition) is 4. The number of alkyl halides is 1. The maximum Gasteiger partial charge on any atom is 0.330 e. The number of hydrogen-bond acceptors (Lipinski definition) is 6. The number of halogens is 1. The third-order valence-corrected chi connectivity index (χ3v) is 4.03. The van der Waals surface area contributed by atoms with E-state index >= 15 is 0 Å². The quantitative estimate of drug-likeness (QED) is 0.326. The van der Waals surface area contributed by atoms with Gasteiger partial charge in [-0.05, 0) is 0 Å². The van der Waals surface area contributed by atoms with Crippen LogP contribution in [0.25, 0.3) is 0 Å². The molecule has 22 heavy (non-hydrogen) atoms. The molecule has 1 aromatic heterocycles. The largest absolute Gasteiger partial charge is 0.394 e. The fourth-order valence-electron chi connectivity index (χ4n) is 2.16. The van der Waals surface area contributed by atoms with Gasteiger partial charge in [-0.1, -0.05) is 22.6 Å². The Bertz CT molecular complexity index is 657. The summed E-state index contributed by atoms with van der Waals surface area (Å²) < 4.78 is 6.78. The first kappa shape index (κ1) is 17.1. The first-order valence-corrected chi connectivity index (χ1v) is 8.10. The van der Waals surface area contributed by atoms with Crippen LogP contribution in [-0.2, 0) is 16.1 Å². The number of H-pyrrole nitrogens is 1. The third-order valence-electron chi connectivity index (χ3n) is 3.33. The molecule has 10 heteroatoms. The Morgan fingerprint density at radius 1 is 1.55 bits per heavy atom. The Kier molecular flexibility index (Phi) is 5.72. The fourth-order valence-corrected chi connectivity index (χ4v) is 2.43. The highest BCUT2D eigenvalue weighted by atomic mass is 127. The van der Waals surface area contributed by atoms with Crippen molar-refractivity contribution < 1.29 is 19.7 Å². The van der Waals surface area contributed by atoms with Gasteiger partial charge in [0.25, 0.3) is 5.56 Å². The molecule has 0 bridgehead atoms. The third kappa shape index (κ3) is 3.74. The van der Waals surface area contributed by atoms with Crippen molar-refractivity contribution in [3.8, 4) is 0 Å². The maximum atomic E-state index is 11.9. The van der Waals surface area contributed by atoms with E-state index in [0.29, 0.717) is 0 Å². The van der Waals surface area contributed by atoms with Gasteiger partial charge >= 0.3 is 5.69 Å². The van der Waals surface area contributed by atoms with Gasteiger partial charge in [0.15, 0.2) is 0 Å². The van der Waals surface area contributed by atoms with Crippen molar-refractivity contribution in [1.82, 2.24) is 14.9 Å². The van der Waals surface area contributed by atoms with Crippen LogP contribution in [0.2, 0.25) is 0 Å². The van der Waals surface area contributed by atoms with Gasteiger partial charge in [0.05, 0.1) is 22.7 Å². The molecule has 1 saturated heterocycles. The van der Waals surface area contributed by atoms with Gasteiger partial charge in [-0.3, -0.25) is 19.1 Å². The molecule has 4 N–H and O–H groups in total. The van der Waals surface area contributed by atoms with Gasteiger partial charge in [-0.15, -0.1) is 0 Å². The molecule has 0 spiro atoms. The molecule has 0 radical (unpaired) electrons. The average Bonchev–Trinajstić information content (AvgIpc) is 2.86. The van der Waals surface area contributed by atoms with Crippen LogP contribution in [0.4, 0.5) is 0 Å². The number of nitrogens with one attached hydrogen (secondary N) is 2. The lowest BCUT2D eigenvalue weighted by atomic mass is 10.2. The zero-order chi connectivity index (χ0) is 16.3. The predicted molar refractivity (Wildman–Crippen MR) is 83.7 cm³/mol. The molecule has 2 rings (SSSR count). The van der Waals surface area contributed by atoms with E-state index in [1.165, 1.54) is 6.20 Å². The van der Waals surface area contributed by atoms with Crippen LogP contribution in [0.1, 0.15) is 18.2 Å². The minimum atomic E-state index is -0.893. The Morgan fingerprint density at radius 2 is 2.27 bits per heavy atom. The van der Waals surface area contributed by atoms with Crippen molar-refractivity contribution in [2.75, 3.05) is 11.0 Å². The standard InChI is InChI=1S/C12H16IN3O6/c13-2-9(19)14-3-6-4-16(12(21)15-11(6)20)10-1-7(18)8(5-17)22-10/h4,7-8,10,17-18H,1-3,5H2,(H,14,19)(H,15,20,21)/t7-,8-,10-/m0/s1. The lowest BCUT2D eigenvalue weighted by Gasteiger charge is -2.15. The first-order chi connectivity index (χ1) is 10.5. The number of amides is 1. The van der Waals surface area contributed by atoms with E-state index in [9.17, 15) is 19.5 Å². The van der Waals surface area contributed by atoms with E-state index in [4.69, 9.17) is 9.84 Å². The molecule has 0 unspecified atom stereocenters. The van der Waals surface area contributed by atoms with Crippen molar-refractivity contribution in [3.63, 3.8) is 0 Å². The van der Waals surface area contributed by atoms with Crippen LogP contribution in [0.5, 0.6) is 0 Å². The van der Waals surface area contributed by atoms with Crippen molar-refractivity contribution in [3.05, 3.63) is 32.6 Å². The van der Waals surface area contributed by atoms with Gasteiger partial charge in [0, 0.05) is 19.2 Å². The molecule has 1 aliphatic heterocycles. The minimum Gasteiger partial charge on any atom is -0.394 e. The molecule has 0 aliphatic carbocycles. The number of nitrogens with zero attached hydrogens (tertiary/aromatic N) is 1. The van der Waals surface area contributed by atoms with E-state index in [1.54, 1.807) is 0 Å². The predicted octanol–water partition coefficient (Wildman–Crippen LogP) is -1.77. The zero-order valence-electron chi connectivity index (χ0n) is 11.5.